The Morgan fingerprint density at radius 3 is 2.59 bits per heavy atom. The second-order valence-corrected chi connectivity index (χ2v) is 5.72. The zero-order valence-corrected chi connectivity index (χ0v) is 13.4. The molecular formula is C17H16ClFN2O. The molecule has 0 spiro atoms. The summed E-state index contributed by atoms with van der Waals surface area (Å²) in [6.07, 6.45) is 1.85. The SMILES string of the molecule is Cc1cc(F)cc(C)c1COc1cccn2c(Cl)c(C)nc12. The maximum Gasteiger partial charge on any atom is 0.181 e. The van der Waals surface area contributed by atoms with Crippen LogP contribution in [0.15, 0.2) is 30.5 Å². The number of benzene rings is 1. The van der Waals surface area contributed by atoms with E-state index in [1.807, 2.05) is 39.1 Å². The van der Waals surface area contributed by atoms with Crippen LogP contribution in [0.3, 0.4) is 0 Å². The van der Waals surface area contributed by atoms with Crippen LogP contribution in [0, 0.1) is 26.6 Å². The van der Waals surface area contributed by atoms with Gasteiger partial charge in [-0.2, -0.15) is 0 Å². The highest BCUT2D eigenvalue weighted by molar-refractivity contribution is 6.30. The van der Waals surface area contributed by atoms with Gasteiger partial charge in [-0.1, -0.05) is 11.6 Å². The quantitative estimate of drug-likeness (QED) is 0.704. The molecule has 0 fully saturated rings. The van der Waals surface area contributed by atoms with Gasteiger partial charge in [0.1, 0.15) is 17.6 Å². The monoisotopic (exact) mass is 318 g/mol. The maximum absolute atomic E-state index is 13.4. The second kappa shape index (κ2) is 5.61. The van der Waals surface area contributed by atoms with Crippen molar-refractivity contribution < 1.29 is 9.13 Å². The molecule has 0 aliphatic rings. The van der Waals surface area contributed by atoms with E-state index < -0.39 is 0 Å². The van der Waals surface area contributed by atoms with E-state index in [1.54, 1.807) is 4.40 Å². The van der Waals surface area contributed by atoms with E-state index in [0.29, 0.717) is 23.2 Å². The molecule has 5 heteroatoms. The molecule has 3 aromatic rings. The number of ether oxygens (including phenoxy) is 1. The molecule has 0 aliphatic carbocycles. The Labute approximate surface area is 133 Å². The molecule has 114 valence electrons. The minimum atomic E-state index is -0.225. The van der Waals surface area contributed by atoms with Crippen LogP contribution >= 0.6 is 11.6 Å². The van der Waals surface area contributed by atoms with Gasteiger partial charge in [0, 0.05) is 6.20 Å². The molecule has 0 bridgehead atoms. The van der Waals surface area contributed by atoms with Gasteiger partial charge >= 0.3 is 0 Å². The molecule has 0 unspecified atom stereocenters. The van der Waals surface area contributed by atoms with Crippen LogP contribution in [0.4, 0.5) is 4.39 Å². The lowest BCUT2D eigenvalue weighted by atomic mass is 10.0. The molecular weight excluding hydrogens is 303 g/mol. The first-order valence-corrected chi connectivity index (χ1v) is 7.36. The average molecular weight is 319 g/mol. The van der Waals surface area contributed by atoms with Gasteiger partial charge < -0.3 is 4.74 Å². The van der Waals surface area contributed by atoms with Gasteiger partial charge in [-0.3, -0.25) is 4.40 Å². The van der Waals surface area contributed by atoms with Crippen molar-refractivity contribution in [1.82, 2.24) is 9.38 Å². The smallest absolute Gasteiger partial charge is 0.181 e. The summed E-state index contributed by atoms with van der Waals surface area (Å²) in [5.74, 6) is 0.428. The Balaban J connectivity index is 1.94. The normalized spacial score (nSPS) is 11.1. The zero-order valence-electron chi connectivity index (χ0n) is 12.7. The minimum Gasteiger partial charge on any atom is -0.485 e. The average Bonchev–Trinajstić information content (AvgIpc) is 2.74. The Morgan fingerprint density at radius 1 is 1.23 bits per heavy atom. The first kappa shape index (κ1) is 14.9. The molecule has 0 saturated heterocycles. The fourth-order valence-corrected chi connectivity index (χ4v) is 2.74. The lowest BCUT2D eigenvalue weighted by molar-refractivity contribution is 0.306. The van der Waals surface area contributed by atoms with Gasteiger partial charge in [-0.15, -0.1) is 0 Å². The van der Waals surface area contributed by atoms with E-state index in [1.165, 1.54) is 12.1 Å². The summed E-state index contributed by atoms with van der Waals surface area (Å²) in [6, 6.07) is 6.75. The third kappa shape index (κ3) is 2.55. The number of hydrogen-bond donors (Lipinski definition) is 0. The molecule has 0 radical (unpaired) electrons. The standard InChI is InChI=1S/C17H16ClFN2O/c1-10-7-13(19)8-11(2)14(10)9-22-15-5-4-6-21-16(18)12(3)20-17(15)21/h4-8H,9H2,1-3H3. The molecule has 0 atom stereocenters. The predicted molar refractivity (Wildman–Crippen MR) is 85.1 cm³/mol. The Morgan fingerprint density at radius 2 is 1.91 bits per heavy atom. The van der Waals surface area contributed by atoms with Crippen molar-refractivity contribution in [3.05, 3.63) is 63.8 Å². The molecule has 22 heavy (non-hydrogen) atoms. The highest BCUT2D eigenvalue weighted by Crippen LogP contribution is 2.26. The van der Waals surface area contributed by atoms with Crippen molar-refractivity contribution in [2.75, 3.05) is 0 Å². The Hall–Kier alpha value is -2.07. The third-order valence-electron chi connectivity index (χ3n) is 3.75. The second-order valence-electron chi connectivity index (χ2n) is 5.36. The van der Waals surface area contributed by atoms with Crippen LogP contribution in [0.1, 0.15) is 22.4 Å². The maximum atomic E-state index is 13.4. The fraction of sp³-hybridized carbons (Fsp3) is 0.235. The third-order valence-corrected chi connectivity index (χ3v) is 4.20. The van der Waals surface area contributed by atoms with E-state index in [4.69, 9.17) is 16.3 Å². The van der Waals surface area contributed by atoms with Crippen molar-refractivity contribution in [3.63, 3.8) is 0 Å². The number of pyridine rings is 1. The Kier molecular flexibility index (Phi) is 3.79. The van der Waals surface area contributed by atoms with E-state index in [9.17, 15) is 4.39 Å². The molecule has 0 amide bonds. The van der Waals surface area contributed by atoms with E-state index >= 15 is 0 Å². The predicted octanol–water partition coefficient (Wildman–Crippen LogP) is 4.63. The molecule has 0 saturated carbocycles. The number of aryl methyl sites for hydroxylation is 3. The van der Waals surface area contributed by atoms with Crippen LogP contribution < -0.4 is 4.74 Å². The topological polar surface area (TPSA) is 26.5 Å². The van der Waals surface area contributed by atoms with Crippen molar-refractivity contribution >= 4 is 17.2 Å². The summed E-state index contributed by atoms with van der Waals surface area (Å²) in [6.45, 7) is 5.98. The van der Waals surface area contributed by atoms with Gasteiger partial charge in [0.2, 0.25) is 0 Å². The van der Waals surface area contributed by atoms with Gasteiger partial charge in [-0.25, -0.2) is 9.37 Å². The molecule has 2 aromatic heterocycles. The summed E-state index contributed by atoms with van der Waals surface area (Å²) in [5.41, 5.74) is 4.18. The van der Waals surface area contributed by atoms with Crippen LogP contribution in [0.2, 0.25) is 5.15 Å². The Bertz CT molecular complexity index is 834. The van der Waals surface area contributed by atoms with Gasteiger partial charge in [0.05, 0.1) is 5.69 Å². The van der Waals surface area contributed by atoms with Gasteiger partial charge in [0.25, 0.3) is 0 Å². The largest absolute Gasteiger partial charge is 0.485 e. The van der Waals surface area contributed by atoms with Crippen molar-refractivity contribution in [3.8, 4) is 5.75 Å². The zero-order chi connectivity index (χ0) is 15.9. The number of hydrogen-bond acceptors (Lipinski definition) is 2. The molecule has 2 heterocycles. The summed E-state index contributed by atoms with van der Waals surface area (Å²) in [5, 5.41) is 0.578. The van der Waals surface area contributed by atoms with Crippen LogP contribution in [0.5, 0.6) is 5.75 Å². The molecule has 1 aromatic carbocycles. The van der Waals surface area contributed by atoms with E-state index in [-0.39, 0.29) is 5.82 Å². The molecule has 3 nitrogen and oxygen atoms in total. The summed E-state index contributed by atoms with van der Waals surface area (Å²) in [4.78, 5) is 4.43. The first-order chi connectivity index (χ1) is 10.5. The van der Waals surface area contributed by atoms with Crippen molar-refractivity contribution in [2.45, 2.75) is 27.4 Å². The minimum absolute atomic E-state index is 0.225. The van der Waals surface area contributed by atoms with Gasteiger partial charge in [0.15, 0.2) is 11.4 Å². The van der Waals surface area contributed by atoms with Crippen LogP contribution in [-0.2, 0) is 6.61 Å². The lowest BCUT2D eigenvalue weighted by Gasteiger charge is -2.12. The van der Waals surface area contributed by atoms with E-state index in [2.05, 4.69) is 4.98 Å². The van der Waals surface area contributed by atoms with E-state index in [0.717, 1.165) is 22.4 Å². The van der Waals surface area contributed by atoms with Gasteiger partial charge in [-0.05, 0) is 61.7 Å². The molecule has 3 rings (SSSR count). The number of halogens is 2. The molecule has 0 N–H and O–H groups in total. The van der Waals surface area contributed by atoms with Crippen molar-refractivity contribution in [2.24, 2.45) is 0 Å². The number of nitrogens with zero attached hydrogens (tertiary/aromatic N) is 2. The molecule has 0 aliphatic heterocycles. The van der Waals surface area contributed by atoms with Crippen molar-refractivity contribution in [1.29, 1.82) is 0 Å². The summed E-state index contributed by atoms with van der Waals surface area (Å²) >= 11 is 6.20. The summed E-state index contributed by atoms with van der Waals surface area (Å²) in [7, 11) is 0. The van der Waals surface area contributed by atoms with Crippen LogP contribution in [0.25, 0.3) is 5.65 Å². The number of fused-ring (bicyclic) bond motifs is 1. The fourth-order valence-electron chi connectivity index (χ4n) is 2.56. The summed E-state index contributed by atoms with van der Waals surface area (Å²) < 4.78 is 21.1. The number of aromatic nitrogens is 2. The van der Waals surface area contributed by atoms with Crippen LogP contribution in [-0.4, -0.2) is 9.38 Å². The number of rotatable bonds is 3. The first-order valence-electron chi connectivity index (χ1n) is 6.99. The number of imidazole rings is 1. The lowest BCUT2D eigenvalue weighted by Crippen LogP contribution is -2.02. The highest BCUT2D eigenvalue weighted by atomic mass is 35.5. The highest BCUT2D eigenvalue weighted by Gasteiger charge is 2.12.